The van der Waals surface area contributed by atoms with Crippen LogP contribution in [0.1, 0.15) is 19.3 Å². The Balaban J connectivity index is 2.08. The second-order valence-electron chi connectivity index (χ2n) is 4.22. The summed E-state index contributed by atoms with van der Waals surface area (Å²) in [5, 5.41) is 2.87. The van der Waals surface area contributed by atoms with Crippen molar-refractivity contribution in [2.75, 3.05) is 33.5 Å². The molecule has 16 heavy (non-hydrogen) atoms. The van der Waals surface area contributed by atoms with Crippen LogP contribution in [0.2, 0.25) is 0 Å². The Labute approximate surface area is 96.7 Å². The maximum absolute atomic E-state index is 11.6. The minimum absolute atomic E-state index is 0.0667. The maximum atomic E-state index is 11.6. The summed E-state index contributed by atoms with van der Waals surface area (Å²) in [5.41, 5.74) is 5.74. The normalized spacial score (nSPS) is 22.0. The van der Waals surface area contributed by atoms with Crippen molar-refractivity contribution in [1.29, 1.82) is 0 Å². The summed E-state index contributed by atoms with van der Waals surface area (Å²) in [6.45, 7) is 2.88. The molecule has 3 N–H and O–H groups in total. The van der Waals surface area contributed by atoms with Gasteiger partial charge in [-0.05, 0) is 19.3 Å². The van der Waals surface area contributed by atoms with Gasteiger partial charge in [0, 0.05) is 32.8 Å². The number of rotatable bonds is 7. The van der Waals surface area contributed by atoms with Gasteiger partial charge in [-0.2, -0.15) is 0 Å². The predicted octanol–water partition coefficient (Wildman–Crippen LogP) is -0.107. The lowest BCUT2D eigenvalue weighted by molar-refractivity contribution is -0.122. The van der Waals surface area contributed by atoms with Gasteiger partial charge in [-0.15, -0.1) is 0 Å². The molecule has 1 heterocycles. The Morgan fingerprint density at radius 1 is 1.69 bits per heavy atom. The van der Waals surface area contributed by atoms with Gasteiger partial charge in [0.1, 0.15) is 0 Å². The Hall–Kier alpha value is -0.650. The molecule has 0 aliphatic carbocycles. The van der Waals surface area contributed by atoms with E-state index in [1.807, 2.05) is 0 Å². The summed E-state index contributed by atoms with van der Waals surface area (Å²) >= 11 is 0. The summed E-state index contributed by atoms with van der Waals surface area (Å²) in [6.07, 6.45) is 2.51. The monoisotopic (exact) mass is 230 g/mol. The van der Waals surface area contributed by atoms with Crippen molar-refractivity contribution in [3.63, 3.8) is 0 Å². The smallest absolute Gasteiger partial charge is 0.236 e. The van der Waals surface area contributed by atoms with Crippen LogP contribution >= 0.6 is 0 Å². The highest BCUT2D eigenvalue weighted by Gasteiger charge is 2.18. The predicted molar refractivity (Wildman–Crippen MR) is 61.0 cm³/mol. The van der Waals surface area contributed by atoms with Crippen LogP contribution in [0.5, 0.6) is 0 Å². The fourth-order valence-corrected chi connectivity index (χ4v) is 1.70. The first-order valence-corrected chi connectivity index (χ1v) is 5.84. The molecule has 1 rings (SSSR count). The Bertz CT molecular complexity index is 205. The van der Waals surface area contributed by atoms with E-state index in [1.165, 1.54) is 0 Å². The average Bonchev–Trinajstić information content (AvgIpc) is 2.79. The third-order valence-electron chi connectivity index (χ3n) is 2.79. The van der Waals surface area contributed by atoms with Crippen LogP contribution < -0.4 is 11.1 Å². The van der Waals surface area contributed by atoms with Crippen LogP contribution in [0.25, 0.3) is 0 Å². The largest absolute Gasteiger partial charge is 0.385 e. The number of carbonyl (C=O) groups excluding carboxylic acids is 1. The molecule has 0 bridgehead atoms. The van der Waals surface area contributed by atoms with Gasteiger partial charge in [0.15, 0.2) is 0 Å². The zero-order valence-electron chi connectivity index (χ0n) is 9.91. The molecule has 0 saturated carbocycles. The fraction of sp³-hybridized carbons (Fsp3) is 0.909. The molecule has 1 amide bonds. The first-order chi connectivity index (χ1) is 7.74. The number of methoxy groups -OCH3 is 1. The van der Waals surface area contributed by atoms with Gasteiger partial charge in [-0.3, -0.25) is 4.79 Å². The van der Waals surface area contributed by atoms with Gasteiger partial charge in [0.05, 0.1) is 12.6 Å². The Kier molecular flexibility index (Phi) is 6.37. The van der Waals surface area contributed by atoms with Gasteiger partial charge >= 0.3 is 0 Å². The van der Waals surface area contributed by atoms with Gasteiger partial charge in [0.2, 0.25) is 5.91 Å². The molecule has 0 radical (unpaired) electrons. The molecule has 2 unspecified atom stereocenters. The molecule has 1 aliphatic rings. The minimum atomic E-state index is -0.419. The zero-order valence-corrected chi connectivity index (χ0v) is 9.91. The van der Waals surface area contributed by atoms with Crippen LogP contribution in [0.4, 0.5) is 0 Å². The van der Waals surface area contributed by atoms with Crippen molar-refractivity contribution < 1.29 is 14.3 Å². The molecule has 1 fully saturated rings. The van der Waals surface area contributed by atoms with Gasteiger partial charge in [-0.25, -0.2) is 0 Å². The van der Waals surface area contributed by atoms with Crippen LogP contribution in [0, 0.1) is 5.92 Å². The highest BCUT2D eigenvalue weighted by molar-refractivity contribution is 5.81. The molecular formula is C11H22N2O3. The molecule has 0 spiro atoms. The van der Waals surface area contributed by atoms with Crippen molar-refractivity contribution >= 4 is 5.91 Å². The summed E-state index contributed by atoms with van der Waals surface area (Å²) < 4.78 is 10.1. The van der Waals surface area contributed by atoms with E-state index in [-0.39, 0.29) is 5.91 Å². The molecule has 94 valence electrons. The number of nitrogens with one attached hydrogen (secondary N) is 1. The van der Waals surface area contributed by atoms with Crippen LogP contribution in [0.3, 0.4) is 0 Å². The molecule has 1 aliphatic heterocycles. The third kappa shape index (κ3) is 4.92. The van der Waals surface area contributed by atoms with Crippen molar-refractivity contribution in [2.24, 2.45) is 11.7 Å². The molecule has 2 atom stereocenters. The van der Waals surface area contributed by atoms with E-state index in [0.717, 1.165) is 26.1 Å². The van der Waals surface area contributed by atoms with Gasteiger partial charge in [-0.1, -0.05) is 0 Å². The van der Waals surface area contributed by atoms with Crippen molar-refractivity contribution in [2.45, 2.75) is 25.3 Å². The first-order valence-electron chi connectivity index (χ1n) is 5.84. The van der Waals surface area contributed by atoms with E-state index in [1.54, 1.807) is 7.11 Å². The third-order valence-corrected chi connectivity index (χ3v) is 2.79. The SMILES string of the molecule is COCCCC(N)C(=O)NCC1CCOC1. The quantitative estimate of drug-likeness (QED) is 0.599. The number of ether oxygens (including phenoxy) is 2. The lowest BCUT2D eigenvalue weighted by Crippen LogP contribution is -2.42. The van der Waals surface area contributed by atoms with Gasteiger partial charge in [0.25, 0.3) is 0 Å². The number of hydrogen-bond donors (Lipinski definition) is 2. The first kappa shape index (κ1) is 13.4. The van der Waals surface area contributed by atoms with Crippen molar-refractivity contribution in [3.8, 4) is 0 Å². The highest BCUT2D eigenvalue weighted by Crippen LogP contribution is 2.10. The highest BCUT2D eigenvalue weighted by atomic mass is 16.5. The Morgan fingerprint density at radius 2 is 2.50 bits per heavy atom. The Morgan fingerprint density at radius 3 is 3.12 bits per heavy atom. The van der Waals surface area contributed by atoms with Crippen LogP contribution in [-0.4, -0.2) is 45.4 Å². The van der Waals surface area contributed by atoms with Crippen molar-refractivity contribution in [3.05, 3.63) is 0 Å². The lowest BCUT2D eigenvalue weighted by atomic mass is 10.1. The maximum Gasteiger partial charge on any atom is 0.236 e. The second kappa shape index (κ2) is 7.60. The summed E-state index contributed by atoms with van der Waals surface area (Å²) in [6, 6.07) is -0.419. The number of nitrogens with two attached hydrogens (primary N) is 1. The van der Waals surface area contributed by atoms with E-state index in [9.17, 15) is 4.79 Å². The van der Waals surface area contributed by atoms with E-state index in [2.05, 4.69) is 5.32 Å². The van der Waals surface area contributed by atoms with E-state index in [0.29, 0.717) is 25.5 Å². The number of carbonyl (C=O) groups is 1. The minimum Gasteiger partial charge on any atom is -0.385 e. The van der Waals surface area contributed by atoms with Gasteiger partial charge < -0.3 is 20.5 Å². The molecule has 1 saturated heterocycles. The lowest BCUT2D eigenvalue weighted by Gasteiger charge is -2.14. The standard InChI is InChI=1S/C11H22N2O3/c1-15-5-2-3-10(12)11(14)13-7-9-4-6-16-8-9/h9-10H,2-8,12H2,1H3,(H,13,14). The molecule has 0 aromatic carbocycles. The zero-order chi connectivity index (χ0) is 11.8. The molecular weight excluding hydrogens is 208 g/mol. The second-order valence-corrected chi connectivity index (χ2v) is 4.22. The number of amides is 1. The average molecular weight is 230 g/mol. The van der Waals surface area contributed by atoms with Crippen molar-refractivity contribution in [1.82, 2.24) is 5.32 Å². The molecule has 0 aromatic rings. The molecule has 5 nitrogen and oxygen atoms in total. The van der Waals surface area contributed by atoms with E-state index in [4.69, 9.17) is 15.2 Å². The van der Waals surface area contributed by atoms with E-state index >= 15 is 0 Å². The number of hydrogen-bond acceptors (Lipinski definition) is 4. The van der Waals surface area contributed by atoms with Crippen LogP contribution in [0.15, 0.2) is 0 Å². The molecule has 5 heteroatoms. The van der Waals surface area contributed by atoms with E-state index < -0.39 is 6.04 Å². The summed E-state index contributed by atoms with van der Waals surface area (Å²) in [7, 11) is 1.64. The summed E-state index contributed by atoms with van der Waals surface area (Å²) in [4.78, 5) is 11.6. The molecule has 0 aromatic heterocycles. The fourth-order valence-electron chi connectivity index (χ4n) is 1.70. The van der Waals surface area contributed by atoms with Crippen LogP contribution in [-0.2, 0) is 14.3 Å². The topological polar surface area (TPSA) is 73.6 Å². The summed E-state index contributed by atoms with van der Waals surface area (Å²) in [5.74, 6) is 0.387.